The van der Waals surface area contributed by atoms with Crippen molar-refractivity contribution < 1.29 is 9.13 Å². The second kappa shape index (κ2) is 6.38. The van der Waals surface area contributed by atoms with Gasteiger partial charge in [-0.25, -0.2) is 4.39 Å². The summed E-state index contributed by atoms with van der Waals surface area (Å²) in [5.74, 6) is 0.211. The molecule has 2 aromatic rings. The summed E-state index contributed by atoms with van der Waals surface area (Å²) in [6, 6.07) is 11.8. The normalized spacial score (nSPS) is 11.8. The number of nitrogens with zero attached hydrogens (tertiary/aromatic N) is 1. The lowest BCUT2D eigenvalue weighted by Gasteiger charge is -2.15. The highest BCUT2D eigenvalue weighted by Gasteiger charge is 2.10. The molecular formula is C17H17FN2O. The summed E-state index contributed by atoms with van der Waals surface area (Å²) in [6.45, 7) is 3.96. The van der Waals surface area contributed by atoms with Crippen LogP contribution in [0.15, 0.2) is 36.4 Å². The molecule has 0 aliphatic rings. The van der Waals surface area contributed by atoms with Gasteiger partial charge in [-0.05, 0) is 32.0 Å². The maximum Gasteiger partial charge on any atom is 0.131 e. The van der Waals surface area contributed by atoms with Crippen molar-refractivity contribution in [2.45, 2.75) is 26.5 Å². The number of halogens is 1. The predicted octanol–water partition coefficient (Wildman–Crippen LogP) is 3.60. The molecule has 0 radical (unpaired) electrons. The van der Waals surface area contributed by atoms with Gasteiger partial charge >= 0.3 is 0 Å². The molecule has 2 rings (SSSR count). The third kappa shape index (κ3) is 3.59. The number of nitrogens with two attached hydrogens (primary N) is 1. The van der Waals surface area contributed by atoms with E-state index in [9.17, 15) is 4.39 Å². The van der Waals surface area contributed by atoms with Crippen molar-refractivity contribution in [2.24, 2.45) is 5.73 Å². The minimum Gasteiger partial charge on any atom is -0.488 e. The number of hydrogen-bond donors (Lipinski definition) is 1. The first-order chi connectivity index (χ1) is 10.0. The summed E-state index contributed by atoms with van der Waals surface area (Å²) in [4.78, 5) is 0. The van der Waals surface area contributed by atoms with Crippen LogP contribution < -0.4 is 10.5 Å². The van der Waals surface area contributed by atoms with Gasteiger partial charge in [-0.3, -0.25) is 0 Å². The first-order valence-electron chi connectivity index (χ1n) is 6.68. The third-order valence-electron chi connectivity index (χ3n) is 3.22. The highest BCUT2D eigenvalue weighted by atomic mass is 19.1. The zero-order valence-corrected chi connectivity index (χ0v) is 12.1. The van der Waals surface area contributed by atoms with E-state index in [-0.39, 0.29) is 12.6 Å². The lowest BCUT2D eigenvalue weighted by atomic mass is 10.1. The van der Waals surface area contributed by atoms with E-state index >= 15 is 0 Å². The molecule has 0 amide bonds. The molecule has 0 aliphatic heterocycles. The van der Waals surface area contributed by atoms with Crippen molar-refractivity contribution in [1.82, 2.24) is 0 Å². The summed E-state index contributed by atoms with van der Waals surface area (Å²) >= 11 is 0. The van der Waals surface area contributed by atoms with Crippen LogP contribution in [0.1, 0.15) is 35.2 Å². The predicted molar refractivity (Wildman–Crippen MR) is 79.2 cm³/mol. The number of aryl methyl sites for hydroxylation is 1. The van der Waals surface area contributed by atoms with Crippen molar-refractivity contribution in [3.63, 3.8) is 0 Å². The maximum absolute atomic E-state index is 13.8. The fraction of sp³-hybridized carbons (Fsp3) is 0.235. The Labute approximate surface area is 123 Å². The molecule has 21 heavy (non-hydrogen) atoms. The van der Waals surface area contributed by atoms with Crippen molar-refractivity contribution in [1.29, 1.82) is 5.26 Å². The van der Waals surface area contributed by atoms with E-state index in [1.54, 1.807) is 12.1 Å². The molecule has 0 bridgehead atoms. The second-order valence-corrected chi connectivity index (χ2v) is 5.04. The van der Waals surface area contributed by atoms with Crippen LogP contribution in [0, 0.1) is 24.1 Å². The van der Waals surface area contributed by atoms with Crippen molar-refractivity contribution in [3.8, 4) is 11.8 Å². The van der Waals surface area contributed by atoms with Gasteiger partial charge in [0, 0.05) is 17.2 Å². The molecule has 2 aromatic carbocycles. The lowest BCUT2D eigenvalue weighted by molar-refractivity contribution is 0.295. The van der Waals surface area contributed by atoms with Crippen molar-refractivity contribution in [2.75, 3.05) is 0 Å². The number of nitriles is 1. The molecule has 0 heterocycles. The standard InChI is InChI=1S/C17H17FN2O/c1-11-3-6-17(15(7-11)12(2)20)21-10-14-5-4-13(9-19)8-16(14)18/h3-8,12H,10,20H2,1-2H3. The molecule has 108 valence electrons. The van der Waals surface area contributed by atoms with Crippen LogP contribution in [0.25, 0.3) is 0 Å². The topological polar surface area (TPSA) is 59.0 Å². The average Bonchev–Trinajstić information content (AvgIpc) is 2.46. The van der Waals surface area contributed by atoms with Crippen LogP contribution in [0.2, 0.25) is 0 Å². The third-order valence-corrected chi connectivity index (χ3v) is 3.22. The highest BCUT2D eigenvalue weighted by molar-refractivity contribution is 5.39. The summed E-state index contributed by atoms with van der Waals surface area (Å²) in [5.41, 5.74) is 8.62. The van der Waals surface area contributed by atoms with Gasteiger partial charge in [-0.15, -0.1) is 0 Å². The van der Waals surface area contributed by atoms with Gasteiger partial charge in [0.05, 0.1) is 11.6 Å². The Morgan fingerprint density at radius 2 is 2.05 bits per heavy atom. The number of ether oxygens (including phenoxy) is 1. The van der Waals surface area contributed by atoms with Gasteiger partial charge in [-0.2, -0.15) is 5.26 Å². The Balaban J connectivity index is 2.19. The number of hydrogen-bond acceptors (Lipinski definition) is 3. The average molecular weight is 284 g/mol. The quantitative estimate of drug-likeness (QED) is 0.933. The molecule has 0 fully saturated rings. The molecule has 2 N–H and O–H groups in total. The van der Waals surface area contributed by atoms with Crippen LogP contribution in [-0.2, 0) is 6.61 Å². The number of rotatable bonds is 4. The molecule has 0 spiro atoms. The molecule has 3 nitrogen and oxygen atoms in total. The van der Waals surface area contributed by atoms with Gasteiger partial charge in [-0.1, -0.05) is 23.8 Å². The lowest BCUT2D eigenvalue weighted by Crippen LogP contribution is -2.09. The zero-order chi connectivity index (χ0) is 15.4. The van der Waals surface area contributed by atoms with Crippen LogP contribution in [0.3, 0.4) is 0 Å². The summed E-state index contributed by atoms with van der Waals surface area (Å²) in [6.07, 6.45) is 0. The Hall–Kier alpha value is -2.38. The van der Waals surface area contributed by atoms with Gasteiger partial charge in [0.2, 0.25) is 0 Å². The largest absolute Gasteiger partial charge is 0.488 e. The van der Waals surface area contributed by atoms with Gasteiger partial charge in [0.1, 0.15) is 18.2 Å². The minimum atomic E-state index is -0.441. The Kier molecular flexibility index (Phi) is 4.56. The second-order valence-electron chi connectivity index (χ2n) is 5.04. The van der Waals surface area contributed by atoms with E-state index in [1.165, 1.54) is 6.07 Å². The van der Waals surface area contributed by atoms with E-state index in [2.05, 4.69) is 0 Å². The van der Waals surface area contributed by atoms with Crippen LogP contribution in [-0.4, -0.2) is 0 Å². The summed E-state index contributed by atoms with van der Waals surface area (Å²) in [5, 5.41) is 8.72. The molecule has 0 saturated carbocycles. The van der Waals surface area contributed by atoms with Crippen molar-refractivity contribution in [3.05, 3.63) is 64.5 Å². The Morgan fingerprint density at radius 3 is 2.67 bits per heavy atom. The Morgan fingerprint density at radius 1 is 1.29 bits per heavy atom. The maximum atomic E-state index is 13.8. The molecule has 1 atom stereocenters. The van der Waals surface area contributed by atoms with Gasteiger partial charge < -0.3 is 10.5 Å². The summed E-state index contributed by atoms with van der Waals surface area (Å²) in [7, 11) is 0. The Bertz CT molecular complexity index is 690. The molecule has 4 heteroatoms. The van der Waals surface area contributed by atoms with E-state index in [4.69, 9.17) is 15.7 Å². The zero-order valence-electron chi connectivity index (χ0n) is 12.1. The first kappa shape index (κ1) is 15.0. The summed E-state index contributed by atoms with van der Waals surface area (Å²) < 4.78 is 19.5. The van der Waals surface area contributed by atoms with Gasteiger partial charge in [0.25, 0.3) is 0 Å². The monoisotopic (exact) mass is 284 g/mol. The molecule has 0 aliphatic carbocycles. The van der Waals surface area contributed by atoms with E-state index in [0.29, 0.717) is 16.9 Å². The molecule has 1 unspecified atom stereocenters. The first-order valence-corrected chi connectivity index (χ1v) is 6.68. The molecule has 0 saturated heterocycles. The van der Waals surface area contributed by atoms with Gasteiger partial charge in [0.15, 0.2) is 0 Å². The van der Waals surface area contributed by atoms with Crippen LogP contribution in [0.5, 0.6) is 5.75 Å². The number of benzene rings is 2. The van der Waals surface area contributed by atoms with Crippen LogP contribution >= 0.6 is 0 Å². The van der Waals surface area contributed by atoms with Crippen LogP contribution in [0.4, 0.5) is 4.39 Å². The molecular weight excluding hydrogens is 267 g/mol. The highest BCUT2D eigenvalue weighted by Crippen LogP contribution is 2.26. The SMILES string of the molecule is Cc1ccc(OCc2ccc(C#N)cc2F)c(C(C)N)c1. The fourth-order valence-electron chi connectivity index (χ4n) is 2.04. The van der Waals surface area contributed by atoms with E-state index < -0.39 is 5.82 Å². The minimum absolute atomic E-state index is 0.0975. The molecule has 0 aromatic heterocycles. The van der Waals surface area contributed by atoms with Crippen molar-refractivity contribution >= 4 is 0 Å². The van der Waals surface area contributed by atoms with E-state index in [0.717, 1.165) is 11.1 Å². The fourth-order valence-corrected chi connectivity index (χ4v) is 2.04. The van der Waals surface area contributed by atoms with E-state index in [1.807, 2.05) is 38.1 Å². The smallest absolute Gasteiger partial charge is 0.131 e.